The number of para-hydroxylation sites is 3. The Morgan fingerprint density at radius 2 is 1.90 bits per heavy atom. The van der Waals surface area contributed by atoms with Crippen LogP contribution in [0.25, 0.3) is 11.0 Å². The standard InChI is InChI=1S/C24H19FN4O2/c25-18-8-4-7-16-17(24(31)29-23(16)18)13-22(30)26-15-6-3-5-14(11-15)12-21-27-19-9-1-2-10-20(19)28-21/h1-11,17H,12-13H2,(H,26,30)(H,27,28)(H,29,31). The number of halogens is 1. The van der Waals surface area contributed by atoms with E-state index < -0.39 is 11.7 Å². The van der Waals surface area contributed by atoms with Crippen molar-refractivity contribution >= 4 is 34.2 Å². The molecule has 0 radical (unpaired) electrons. The van der Waals surface area contributed by atoms with Gasteiger partial charge in [-0.15, -0.1) is 0 Å². The molecule has 7 heteroatoms. The Hall–Kier alpha value is -4.00. The fourth-order valence-corrected chi connectivity index (χ4v) is 3.96. The van der Waals surface area contributed by atoms with Crippen molar-refractivity contribution in [3.05, 3.63) is 89.5 Å². The van der Waals surface area contributed by atoms with Crippen LogP contribution in [0.5, 0.6) is 0 Å². The molecule has 3 aromatic carbocycles. The maximum Gasteiger partial charge on any atom is 0.232 e. The van der Waals surface area contributed by atoms with Crippen LogP contribution in [0.3, 0.4) is 0 Å². The lowest BCUT2D eigenvalue weighted by Crippen LogP contribution is -2.20. The Balaban J connectivity index is 1.28. The summed E-state index contributed by atoms with van der Waals surface area (Å²) in [6, 6.07) is 19.8. The highest BCUT2D eigenvalue weighted by atomic mass is 19.1. The van der Waals surface area contributed by atoms with Gasteiger partial charge in [-0.1, -0.05) is 36.4 Å². The van der Waals surface area contributed by atoms with Crippen LogP contribution in [0.4, 0.5) is 15.8 Å². The first-order valence-electron chi connectivity index (χ1n) is 9.98. The van der Waals surface area contributed by atoms with Gasteiger partial charge in [0.25, 0.3) is 0 Å². The smallest absolute Gasteiger partial charge is 0.232 e. The zero-order valence-corrected chi connectivity index (χ0v) is 16.5. The summed E-state index contributed by atoms with van der Waals surface area (Å²) in [4.78, 5) is 32.7. The first-order chi connectivity index (χ1) is 15.1. The normalized spacial score (nSPS) is 15.0. The summed E-state index contributed by atoms with van der Waals surface area (Å²) >= 11 is 0. The summed E-state index contributed by atoms with van der Waals surface area (Å²) in [5.74, 6) is -1.03. The zero-order valence-electron chi connectivity index (χ0n) is 16.5. The van der Waals surface area contributed by atoms with Crippen LogP contribution >= 0.6 is 0 Å². The first-order valence-corrected chi connectivity index (χ1v) is 9.98. The lowest BCUT2D eigenvalue weighted by Gasteiger charge is -2.10. The number of fused-ring (bicyclic) bond motifs is 2. The molecule has 1 aliphatic heterocycles. The van der Waals surface area contributed by atoms with Crippen LogP contribution in [0.1, 0.15) is 29.3 Å². The number of anilines is 2. The van der Waals surface area contributed by atoms with Gasteiger partial charge in [-0.2, -0.15) is 0 Å². The Labute approximate surface area is 177 Å². The second kappa shape index (κ2) is 7.68. The third kappa shape index (κ3) is 3.77. The predicted octanol–water partition coefficient (Wildman–Crippen LogP) is 4.36. The van der Waals surface area contributed by atoms with Gasteiger partial charge in [-0.05, 0) is 41.5 Å². The molecule has 31 heavy (non-hydrogen) atoms. The van der Waals surface area contributed by atoms with Crippen LogP contribution in [0, 0.1) is 5.82 Å². The Morgan fingerprint density at radius 3 is 2.77 bits per heavy atom. The summed E-state index contributed by atoms with van der Waals surface area (Å²) in [5, 5.41) is 5.37. The minimum Gasteiger partial charge on any atom is -0.342 e. The van der Waals surface area contributed by atoms with Crippen molar-refractivity contribution in [2.75, 3.05) is 10.6 Å². The fraction of sp³-hybridized carbons (Fsp3) is 0.125. The maximum atomic E-state index is 13.9. The monoisotopic (exact) mass is 414 g/mol. The Bertz CT molecular complexity index is 1280. The molecule has 6 nitrogen and oxygen atoms in total. The van der Waals surface area contributed by atoms with Crippen molar-refractivity contribution < 1.29 is 14.0 Å². The molecule has 2 heterocycles. The molecule has 0 spiro atoms. The van der Waals surface area contributed by atoms with Gasteiger partial charge < -0.3 is 15.6 Å². The third-order valence-electron chi connectivity index (χ3n) is 5.40. The largest absolute Gasteiger partial charge is 0.342 e. The van der Waals surface area contributed by atoms with E-state index in [0.29, 0.717) is 17.7 Å². The number of amides is 2. The van der Waals surface area contributed by atoms with Crippen LogP contribution in [0.15, 0.2) is 66.7 Å². The van der Waals surface area contributed by atoms with E-state index in [-0.39, 0.29) is 23.9 Å². The number of carbonyl (C=O) groups excluding carboxylic acids is 2. The number of nitrogens with one attached hydrogen (secondary N) is 3. The zero-order chi connectivity index (χ0) is 21.4. The molecule has 154 valence electrons. The van der Waals surface area contributed by atoms with Crippen molar-refractivity contribution in [3.8, 4) is 0 Å². The minimum atomic E-state index is -0.704. The number of imidazole rings is 1. The number of hydrogen-bond acceptors (Lipinski definition) is 3. The number of aromatic amines is 1. The average Bonchev–Trinajstić information content (AvgIpc) is 3.29. The average molecular weight is 414 g/mol. The quantitative estimate of drug-likeness (QED) is 0.454. The molecule has 1 aliphatic rings. The topological polar surface area (TPSA) is 86.9 Å². The minimum absolute atomic E-state index is 0.0594. The van der Waals surface area contributed by atoms with Crippen molar-refractivity contribution in [1.29, 1.82) is 0 Å². The van der Waals surface area contributed by atoms with E-state index in [0.717, 1.165) is 22.4 Å². The number of rotatable bonds is 5. The summed E-state index contributed by atoms with van der Waals surface area (Å²) in [5.41, 5.74) is 4.19. The van der Waals surface area contributed by atoms with Crippen molar-refractivity contribution in [1.82, 2.24) is 9.97 Å². The summed E-state index contributed by atoms with van der Waals surface area (Å²) in [6.07, 6.45) is 0.534. The van der Waals surface area contributed by atoms with E-state index in [2.05, 4.69) is 20.6 Å². The molecule has 3 N–H and O–H groups in total. The number of carbonyl (C=O) groups is 2. The molecule has 0 aliphatic carbocycles. The van der Waals surface area contributed by atoms with E-state index in [1.807, 2.05) is 42.5 Å². The lowest BCUT2D eigenvalue weighted by molar-refractivity contribution is -0.122. The first kappa shape index (κ1) is 19.0. The Morgan fingerprint density at radius 1 is 1.06 bits per heavy atom. The van der Waals surface area contributed by atoms with Gasteiger partial charge >= 0.3 is 0 Å². The maximum absolute atomic E-state index is 13.9. The van der Waals surface area contributed by atoms with Gasteiger partial charge in [0, 0.05) is 18.5 Å². The van der Waals surface area contributed by atoms with Crippen LogP contribution in [0.2, 0.25) is 0 Å². The number of benzene rings is 3. The second-order valence-corrected chi connectivity index (χ2v) is 7.58. The molecule has 0 fully saturated rings. The third-order valence-corrected chi connectivity index (χ3v) is 5.40. The highest BCUT2D eigenvalue weighted by Gasteiger charge is 2.33. The van der Waals surface area contributed by atoms with Gasteiger partial charge in [0.1, 0.15) is 11.6 Å². The van der Waals surface area contributed by atoms with E-state index in [4.69, 9.17) is 0 Å². The molecule has 1 aromatic heterocycles. The second-order valence-electron chi connectivity index (χ2n) is 7.58. The molecule has 1 unspecified atom stereocenters. The molecule has 0 saturated heterocycles. The highest BCUT2D eigenvalue weighted by molar-refractivity contribution is 6.06. The fourth-order valence-electron chi connectivity index (χ4n) is 3.96. The van der Waals surface area contributed by atoms with Gasteiger partial charge in [0.05, 0.1) is 22.6 Å². The van der Waals surface area contributed by atoms with Gasteiger partial charge in [0.15, 0.2) is 0 Å². The molecule has 0 bridgehead atoms. The summed E-state index contributed by atoms with van der Waals surface area (Å²) in [7, 11) is 0. The SMILES string of the molecule is O=C(CC1C(=O)Nc2c(F)cccc21)Nc1cccc(Cc2nc3ccccc3[nH]2)c1. The number of hydrogen-bond donors (Lipinski definition) is 3. The van der Waals surface area contributed by atoms with Gasteiger partial charge in [-0.3, -0.25) is 9.59 Å². The molecular formula is C24H19FN4O2. The number of aromatic nitrogens is 2. The van der Waals surface area contributed by atoms with E-state index >= 15 is 0 Å². The summed E-state index contributed by atoms with van der Waals surface area (Å²) in [6.45, 7) is 0. The van der Waals surface area contributed by atoms with Crippen LogP contribution < -0.4 is 10.6 Å². The van der Waals surface area contributed by atoms with Crippen molar-refractivity contribution in [2.24, 2.45) is 0 Å². The molecule has 2 amide bonds. The molecule has 5 rings (SSSR count). The van der Waals surface area contributed by atoms with E-state index in [1.54, 1.807) is 18.2 Å². The summed E-state index contributed by atoms with van der Waals surface area (Å²) < 4.78 is 13.9. The van der Waals surface area contributed by atoms with Crippen molar-refractivity contribution in [2.45, 2.75) is 18.8 Å². The van der Waals surface area contributed by atoms with Crippen LogP contribution in [-0.2, 0) is 16.0 Å². The Kier molecular flexibility index (Phi) is 4.71. The predicted molar refractivity (Wildman–Crippen MR) is 116 cm³/mol. The molecule has 0 saturated carbocycles. The van der Waals surface area contributed by atoms with Crippen LogP contribution in [-0.4, -0.2) is 21.8 Å². The van der Waals surface area contributed by atoms with E-state index in [9.17, 15) is 14.0 Å². The van der Waals surface area contributed by atoms with E-state index in [1.165, 1.54) is 6.07 Å². The van der Waals surface area contributed by atoms with Crippen molar-refractivity contribution in [3.63, 3.8) is 0 Å². The lowest BCUT2D eigenvalue weighted by atomic mass is 9.96. The van der Waals surface area contributed by atoms with Gasteiger partial charge in [-0.25, -0.2) is 9.37 Å². The van der Waals surface area contributed by atoms with Gasteiger partial charge in [0.2, 0.25) is 11.8 Å². The molecule has 1 atom stereocenters. The number of H-pyrrole nitrogens is 1. The highest BCUT2D eigenvalue weighted by Crippen LogP contribution is 2.36. The number of nitrogens with zero attached hydrogens (tertiary/aromatic N) is 1. The molecular weight excluding hydrogens is 395 g/mol. The molecule has 4 aromatic rings.